The standard InChI is InChI=1S/C13H14N4O2/c1-7-12(18)16-9-5-8(3-4-11(9)19-7)10-6-15-13(14)17(10)2/h3-7H,1-2H3,(H2,14,15)(H,16,18). The Morgan fingerprint density at radius 2 is 2.26 bits per heavy atom. The van der Waals surface area contributed by atoms with Gasteiger partial charge in [0.2, 0.25) is 0 Å². The van der Waals surface area contributed by atoms with Gasteiger partial charge in [-0.2, -0.15) is 0 Å². The van der Waals surface area contributed by atoms with Crippen LogP contribution in [0.15, 0.2) is 24.4 Å². The fraction of sp³-hybridized carbons (Fsp3) is 0.231. The minimum absolute atomic E-state index is 0.144. The number of rotatable bonds is 1. The summed E-state index contributed by atoms with van der Waals surface area (Å²) in [5.41, 5.74) is 8.18. The van der Waals surface area contributed by atoms with Gasteiger partial charge in [0.15, 0.2) is 12.1 Å². The Labute approximate surface area is 110 Å². The van der Waals surface area contributed by atoms with Crippen LogP contribution in [0.4, 0.5) is 11.6 Å². The first kappa shape index (κ1) is 11.6. The second-order valence-corrected chi connectivity index (χ2v) is 4.52. The molecule has 0 aliphatic carbocycles. The molecule has 1 atom stereocenters. The molecule has 6 nitrogen and oxygen atoms in total. The molecule has 0 fully saturated rings. The van der Waals surface area contributed by atoms with Gasteiger partial charge >= 0.3 is 0 Å². The lowest BCUT2D eigenvalue weighted by Gasteiger charge is -2.23. The normalized spacial score (nSPS) is 17.6. The predicted octanol–water partition coefficient (Wildman–Crippen LogP) is 1.39. The third-order valence-electron chi connectivity index (χ3n) is 3.23. The molecule has 1 aliphatic heterocycles. The van der Waals surface area contributed by atoms with Gasteiger partial charge in [-0.25, -0.2) is 4.98 Å². The van der Waals surface area contributed by atoms with Crippen LogP contribution in [0.1, 0.15) is 6.92 Å². The highest BCUT2D eigenvalue weighted by molar-refractivity contribution is 5.98. The molecule has 0 saturated heterocycles. The van der Waals surface area contributed by atoms with E-state index in [0.29, 0.717) is 17.4 Å². The maximum Gasteiger partial charge on any atom is 0.265 e. The molecule has 1 aromatic carbocycles. The van der Waals surface area contributed by atoms with E-state index < -0.39 is 6.10 Å². The molecule has 2 heterocycles. The van der Waals surface area contributed by atoms with E-state index in [1.54, 1.807) is 17.7 Å². The summed E-state index contributed by atoms with van der Waals surface area (Å²) in [5, 5.41) is 2.82. The predicted molar refractivity (Wildman–Crippen MR) is 71.8 cm³/mol. The van der Waals surface area contributed by atoms with Crippen molar-refractivity contribution in [3.63, 3.8) is 0 Å². The van der Waals surface area contributed by atoms with E-state index in [9.17, 15) is 4.79 Å². The van der Waals surface area contributed by atoms with Gasteiger partial charge in [0.25, 0.3) is 5.91 Å². The highest BCUT2D eigenvalue weighted by Gasteiger charge is 2.23. The van der Waals surface area contributed by atoms with E-state index in [0.717, 1.165) is 11.3 Å². The first-order valence-electron chi connectivity index (χ1n) is 5.95. The first-order valence-corrected chi connectivity index (χ1v) is 5.95. The van der Waals surface area contributed by atoms with Crippen molar-refractivity contribution in [1.82, 2.24) is 9.55 Å². The number of amides is 1. The van der Waals surface area contributed by atoms with Gasteiger partial charge in [-0.3, -0.25) is 4.79 Å². The van der Waals surface area contributed by atoms with Gasteiger partial charge in [-0.15, -0.1) is 0 Å². The molecule has 1 amide bonds. The molecule has 3 rings (SSSR count). The molecular weight excluding hydrogens is 244 g/mol. The number of aromatic nitrogens is 2. The number of ether oxygens (including phenoxy) is 1. The van der Waals surface area contributed by atoms with Crippen molar-refractivity contribution in [3.8, 4) is 17.0 Å². The van der Waals surface area contributed by atoms with Crippen LogP contribution in [0, 0.1) is 0 Å². The average Bonchev–Trinajstić information content (AvgIpc) is 2.71. The highest BCUT2D eigenvalue weighted by Crippen LogP contribution is 2.34. The third kappa shape index (κ3) is 1.81. The Morgan fingerprint density at radius 3 is 2.95 bits per heavy atom. The highest BCUT2D eigenvalue weighted by atomic mass is 16.5. The van der Waals surface area contributed by atoms with Gasteiger partial charge in [0.1, 0.15) is 5.75 Å². The quantitative estimate of drug-likeness (QED) is 0.809. The van der Waals surface area contributed by atoms with Crippen LogP contribution < -0.4 is 15.8 Å². The Hall–Kier alpha value is -2.50. The molecule has 0 spiro atoms. The molecule has 1 aromatic heterocycles. The van der Waals surface area contributed by atoms with Crippen LogP contribution in [0.3, 0.4) is 0 Å². The Morgan fingerprint density at radius 1 is 1.47 bits per heavy atom. The Balaban J connectivity index is 2.05. The maximum atomic E-state index is 11.6. The fourth-order valence-electron chi connectivity index (χ4n) is 2.06. The molecule has 0 radical (unpaired) electrons. The van der Waals surface area contributed by atoms with Crippen molar-refractivity contribution in [3.05, 3.63) is 24.4 Å². The largest absolute Gasteiger partial charge is 0.479 e. The van der Waals surface area contributed by atoms with E-state index >= 15 is 0 Å². The number of nitrogen functional groups attached to an aromatic ring is 1. The van der Waals surface area contributed by atoms with Gasteiger partial charge in [-0.1, -0.05) is 0 Å². The van der Waals surface area contributed by atoms with Crippen molar-refractivity contribution < 1.29 is 9.53 Å². The molecule has 98 valence electrons. The molecule has 3 N–H and O–H groups in total. The van der Waals surface area contributed by atoms with Gasteiger partial charge in [0, 0.05) is 12.6 Å². The van der Waals surface area contributed by atoms with Crippen LogP contribution in [0.2, 0.25) is 0 Å². The summed E-state index contributed by atoms with van der Waals surface area (Å²) in [6.07, 6.45) is 1.23. The number of imidazole rings is 1. The monoisotopic (exact) mass is 258 g/mol. The zero-order chi connectivity index (χ0) is 13.6. The molecule has 19 heavy (non-hydrogen) atoms. The number of carbonyl (C=O) groups excluding carboxylic acids is 1. The van der Waals surface area contributed by atoms with Gasteiger partial charge < -0.3 is 20.4 Å². The number of nitrogens with zero attached hydrogens (tertiary/aromatic N) is 2. The van der Waals surface area contributed by atoms with E-state index in [1.165, 1.54) is 0 Å². The summed E-state index contributed by atoms with van der Waals surface area (Å²) in [6.45, 7) is 1.72. The minimum atomic E-state index is -0.467. The van der Waals surface area contributed by atoms with Crippen LogP contribution in [0.5, 0.6) is 5.75 Å². The molecule has 1 unspecified atom stereocenters. The van der Waals surface area contributed by atoms with E-state index in [1.807, 2.05) is 25.2 Å². The van der Waals surface area contributed by atoms with Crippen molar-refractivity contribution in [2.75, 3.05) is 11.1 Å². The van der Waals surface area contributed by atoms with Crippen LogP contribution in [-0.2, 0) is 11.8 Å². The number of nitrogens with two attached hydrogens (primary N) is 1. The van der Waals surface area contributed by atoms with Crippen molar-refractivity contribution in [2.45, 2.75) is 13.0 Å². The Kier molecular flexibility index (Phi) is 2.45. The molecule has 0 saturated carbocycles. The summed E-state index contributed by atoms with van der Waals surface area (Å²) in [7, 11) is 1.84. The van der Waals surface area contributed by atoms with Crippen molar-refractivity contribution in [1.29, 1.82) is 0 Å². The number of anilines is 2. The lowest BCUT2D eigenvalue weighted by Crippen LogP contribution is -2.34. The van der Waals surface area contributed by atoms with Crippen LogP contribution in [0.25, 0.3) is 11.3 Å². The molecular formula is C13H14N4O2. The van der Waals surface area contributed by atoms with E-state index in [-0.39, 0.29) is 5.91 Å². The summed E-state index contributed by atoms with van der Waals surface area (Å²) >= 11 is 0. The second kappa shape index (κ2) is 4.01. The molecule has 6 heteroatoms. The fourth-order valence-corrected chi connectivity index (χ4v) is 2.06. The summed E-state index contributed by atoms with van der Waals surface area (Å²) in [6, 6.07) is 5.61. The number of nitrogens with one attached hydrogen (secondary N) is 1. The van der Waals surface area contributed by atoms with Gasteiger partial charge in [-0.05, 0) is 25.1 Å². The Bertz CT molecular complexity index is 663. The average molecular weight is 258 g/mol. The smallest absolute Gasteiger partial charge is 0.265 e. The molecule has 0 bridgehead atoms. The number of fused-ring (bicyclic) bond motifs is 1. The number of benzene rings is 1. The second-order valence-electron chi connectivity index (χ2n) is 4.52. The number of hydrogen-bond acceptors (Lipinski definition) is 4. The lowest BCUT2D eigenvalue weighted by atomic mass is 10.1. The summed E-state index contributed by atoms with van der Waals surface area (Å²) in [5.74, 6) is 0.974. The minimum Gasteiger partial charge on any atom is -0.479 e. The van der Waals surface area contributed by atoms with Crippen LogP contribution >= 0.6 is 0 Å². The third-order valence-corrected chi connectivity index (χ3v) is 3.23. The van der Waals surface area contributed by atoms with Crippen molar-refractivity contribution >= 4 is 17.5 Å². The SMILES string of the molecule is CC1Oc2ccc(-c3cnc(N)n3C)cc2NC1=O. The maximum absolute atomic E-state index is 11.6. The van der Waals surface area contributed by atoms with E-state index in [2.05, 4.69) is 10.3 Å². The topological polar surface area (TPSA) is 82.2 Å². The summed E-state index contributed by atoms with van der Waals surface area (Å²) < 4.78 is 7.30. The zero-order valence-corrected chi connectivity index (χ0v) is 10.7. The lowest BCUT2D eigenvalue weighted by molar-refractivity contribution is -0.122. The van der Waals surface area contributed by atoms with Crippen LogP contribution in [-0.4, -0.2) is 21.6 Å². The zero-order valence-electron chi connectivity index (χ0n) is 10.7. The van der Waals surface area contributed by atoms with Crippen molar-refractivity contribution in [2.24, 2.45) is 7.05 Å². The van der Waals surface area contributed by atoms with E-state index in [4.69, 9.17) is 10.5 Å². The summed E-state index contributed by atoms with van der Waals surface area (Å²) in [4.78, 5) is 15.7. The molecule has 1 aliphatic rings. The number of hydrogen-bond donors (Lipinski definition) is 2. The first-order chi connectivity index (χ1) is 9.06. The molecule has 2 aromatic rings. The van der Waals surface area contributed by atoms with Gasteiger partial charge in [0.05, 0.1) is 17.6 Å². The number of carbonyl (C=O) groups is 1.